The fraction of sp³-hybridized carbons (Fsp3) is 0.448. The third-order valence-corrected chi connectivity index (χ3v) is 21.8. The van der Waals surface area contributed by atoms with Crippen molar-refractivity contribution in [3.63, 3.8) is 0 Å². The highest BCUT2D eigenvalue weighted by atomic mass is 16.3. The summed E-state index contributed by atoms with van der Waals surface area (Å²) in [4.78, 5) is 0. The topological polar surface area (TPSA) is 20.2 Å². The van der Waals surface area contributed by atoms with Gasteiger partial charge in [-0.05, 0) is 192 Å². The Morgan fingerprint density at radius 3 is 0.716 bits per heavy atom. The van der Waals surface area contributed by atoms with Gasteiger partial charge in [0.1, 0.15) is 5.75 Å². The van der Waals surface area contributed by atoms with Gasteiger partial charge in [0.25, 0.3) is 0 Å². The zero-order chi connectivity index (χ0) is 60.9. The molecule has 1 nitrogen and oxygen atoms in total. The van der Waals surface area contributed by atoms with E-state index in [0.29, 0.717) is 5.75 Å². The summed E-state index contributed by atoms with van der Waals surface area (Å²) in [6.45, 7) is 14.2. The lowest BCUT2D eigenvalue weighted by atomic mass is 9.69. The van der Waals surface area contributed by atoms with E-state index < -0.39 is 0 Å². The lowest BCUT2D eigenvalue weighted by Gasteiger charge is -2.34. The van der Waals surface area contributed by atoms with Crippen LogP contribution in [0.15, 0.2) is 164 Å². The molecule has 8 aromatic rings. The smallest absolute Gasteiger partial charge is 0.115 e. The third-order valence-electron chi connectivity index (χ3n) is 21.8. The van der Waals surface area contributed by atoms with Crippen LogP contribution < -0.4 is 0 Å². The molecule has 0 fully saturated rings. The molecule has 1 N–H and O–H groups in total. The Morgan fingerprint density at radius 2 is 0.432 bits per heavy atom. The minimum atomic E-state index is -0.0556. The van der Waals surface area contributed by atoms with Gasteiger partial charge in [-0.3, -0.25) is 0 Å². The molecular weight excluding hydrogens is 1060 g/mol. The summed E-state index contributed by atoms with van der Waals surface area (Å²) in [5.41, 5.74) is 28.6. The number of unbranched alkanes of at least 4 members (excludes halogenated alkanes) is 18. The Bertz CT molecular complexity index is 3530. The van der Waals surface area contributed by atoms with Crippen LogP contribution in [0, 0.1) is 0 Å². The van der Waals surface area contributed by atoms with Crippen LogP contribution in [0.25, 0.3) is 77.9 Å². The average molecular weight is 1170 g/mol. The molecule has 88 heavy (non-hydrogen) atoms. The van der Waals surface area contributed by atoms with E-state index in [2.05, 4.69) is 181 Å². The van der Waals surface area contributed by atoms with Gasteiger partial charge in [-0.2, -0.15) is 0 Å². The molecule has 0 saturated carbocycles. The molecule has 0 bridgehead atoms. The zero-order valence-corrected chi connectivity index (χ0v) is 55.2. The van der Waals surface area contributed by atoms with E-state index in [1.165, 1.54) is 265 Å². The highest BCUT2D eigenvalue weighted by Gasteiger charge is 2.46. The predicted octanol–water partition coefficient (Wildman–Crippen LogP) is 26.7. The van der Waals surface area contributed by atoms with Crippen molar-refractivity contribution >= 4 is 0 Å². The van der Waals surface area contributed by atoms with Crippen molar-refractivity contribution in [3.8, 4) is 83.6 Å². The lowest BCUT2D eigenvalue weighted by Crippen LogP contribution is -2.26. The molecule has 11 rings (SSSR count). The van der Waals surface area contributed by atoms with Gasteiger partial charge in [0, 0.05) is 16.2 Å². The van der Waals surface area contributed by atoms with Crippen molar-refractivity contribution in [1.82, 2.24) is 0 Å². The molecule has 0 unspecified atom stereocenters. The summed E-state index contributed by atoms with van der Waals surface area (Å²) in [7, 11) is 0. The molecule has 3 aliphatic rings. The molecule has 8 aromatic carbocycles. The highest BCUT2D eigenvalue weighted by molar-refractivity contribution is 5.90. The van der Waals surface area contributed by atoms with Crippen LogP contribution in [0.2, 0.25) is 0 Å². The van der Waals surface area contributed by atoms with Gasteiger partial charge in [-0.15, -0.1) is 0 Å². The standard InChI is InChI=1S/C87H106O/c1-7-13-19-27-53-85(54-28-20-14-8-2)79-34-26-25-33-73(79)74-49-42-68(60-80(74)85)69-43-51-77-78-52-45-71(63-84(78)87(83(77)61-69,57-31-23-17-11-5)58-32-24-18-12-6)70-44-50-76-75-48-41-67(66-37-35-64(36-38-66)65-39-46-72(88)47-40-65)59-81(75)86(82(76)62-70,55-29-21-15-9-3)56-30-22-16-10-4/h25-26,33-52,59-63,88H,7-24,27-32,53-58H2,1-6H3. The summed E-state index contributed by atoms with van der Waals surface area (Å²) < 4.78 is 0. The first-order valence-electron chi connectivity index (χ1n) is 36.0. The first-order chi connectivity index (χ1) is 43.3. The van der Waals surface area contributed by atoms with Crippen LogP contribution in [0.1, 0.15) is 268 Å². The maximum absolute atomic E-state index is 10.0. The van der Waals surface area contributed by atoms with Gasteiger partial charge >= 0.3 is 0 Å². The summed E-state index contributed by atoms with van der Waals surface area (Å²) in [6.07, 6.45) is 38.0. The normalized spacial score (nSPS) is 14.3. The molecule has 0 aliphatic heterocycles. The number of fused-ring (bicyclic) bond motifs is 9. The second kappa shape index (κ2) is 29.5. The van der Waals surface area contributed by atoms with Gasteiger partial charge in [-0.25, -0.2) is 0 Å². The summed E-state index contributed by atoms with van der Waals surface area (Å²) >= 11 is 0. The van der Waals surface area contributed by atoms with E-state index in [1.807, 2.05) is 12.1 Å². The number of rotatable bonds is 34. The van der Waals surface area contributed by atoms with Crippen LogP contribution in [0.3, 0.4) is 0 Å². The van der Waals surface area contributed by atoms with Crippen molar-refractivity contribution in [3.05, 3.63) is 197 Å². The fourth-order valence-corrected chi connectivity index (χ4v) is 17.0. The molecule has 3 aliphatic carbocycles. The average Bonchev–Trinajstić information content (AvgIpc) is 1.60. The maximum Gasteiger partial charge on any atom is 0.115 e. The van der Waals surface area contributed by atoms with E-state index in [4.69, 9.17) is 0 Å². The minimum Gasteiger partial charge on any atom is -0.508 e. The maximum atomic E-state index is 10.0. The van der Waals surface area contributed by atoms with Gasteiger partial charge < -0.3 is 5.11 Å². The van der Waals surface area contributed by atoms with Crippen LogP contribution in [-0.2, 0) is 16.2 Å². The second-order valence-electron chi connectivity index (χ2n) is 27.6. The van der Waals surface area contributed by atoms with Crippen LogP contribution in [0.5, 0.6) is 5.75 Å². The Labute approximate surface area is 533 Å². The number of hydrogen-bond acceptors (Lipinski definition) is 1. The van der Waals surface area contributed by atoms with E-state index >= 15 is 0 Å². The van der Waals surface area contributed by atoms with Gasteiger partial charge in [0.2, 0.25) is 0 Å². The van der Waals surface area contributed by atoms with E-state index in [1.54, 1.807) is 45.5 Å². The second-order valence-corrected chi connectivity index (χ2v) is 27.6. The molecule has 0 aromatic heterocycles. The predicted molar refractivity (Wildman–Crippen MR) is 381 cm³/mol. The molecule has 0 saturated heterocycles. The number of hydrogen-bond donors (Lipinski definition) is 1. The summed E-state index contributed by atoms with van der Waals surface area (Å²) in [5.74, 6) is 0.301. The zero-order valence-electron chi connectivity index (χ0n) is 55.2. The largest absolute Gasteiger partial charge is 0.508 e. The molecule has 0 radical (unpaired) electrons. The number of aromatic hydroxyl groups is 1. The summed E-state index contributed by atoms with van der Waals surface area (Å²) in [5, 5.41) is 10.0. The third kappa shape index (κ3) is 12.8. The van der Waals surface area contributed by atoms with Gasteiger partial charge in [0.15, 0.2) is 0 Å². The van der Waals surface area contributed by atoms with Crippen molar-refractivity contribution in [1.29, 1.82) is 0 Å². The molecule has 460 valence electrons. The molecule has 0 spiro atoms. The lowest BCUT2D eigenvalue weighted by molar-refractivity contribution is 0.400. The number of benzene rings is 8. The number of phenols is 1. The molecule has 1 heteroatoms. The van der Waals surface area contributed by atoms with Crippen LogP contribution in [-0.4, -0.2) is 5.11 Å². The Hall–Kier alpha value is -6.44. The Balaban J connectivity index is 1.01. The van der Waals surface area contributed by atoms with Gasteiger partial charge in [0.05, 0.1) is 0 Å². The molecule has 0 amide bonds. The first-order valence-corrected chi connectivity index (χ1v) is 36.0. The monoisotopic (exact) mass is 1170 g/mol. The SMILES string of the molecule is CCCCCCC1(CCCCCC)c2ccccc2-c2ccc(-c3ccc4c(c3)C(CCCCCC)(CCCCCC)c3cc(-c5ccc6c(c5)C(CCCCCC)(CCCCCC)c5cc(-c7ccc(-c8ccc(O)cc8)cc7)ccc5-6)ccc3-4)cc21. The van der Waals surface area contributed by atoms with Crippen molar-refractivity contribution in [2.45, 2.75) is 250 Å². The summed E-state index contributed by atoms with van der Waals surface area (Å²) in [6, 6.07) is 64.7. The Morgan fingerprint density at radius 1 is 0.216 bits per heavy atom. The van der Waals surface area contributed by atoms with Crippen molar-refractivity contribution in [2.75, 3.05) is 0 Å². The Kier molecular flexibility index (Phi) is 21.1. The quantitative estimate of drug-likeness (QED) is 0.0399. The molecule has 0 atom stereocenters. The van der Waals surface area contributed by atoms with Crippen molar-refractivity contribution in [2.24, 2.45) is 0 Å². The van der Waals surface area contributed by atoms with E-state index in [9.17, 15) is 5.11 Å². The van der Waals surface area contributed by atoms with Crippen LogP contribution >= 0.6 is 0 Å². The number of phenolic OH excluding ortho intramolecular Hbond substituents is 1. The molecule has 0 heterocycles. The van der Waals surface area contributed by atoms with E-state index in [-0.39, 0.29) is 16.2 Å². The van der Waals surface area contributed by atoms with Gasteiger partial charge in [-0.1, -0.05) is 317 Å². The van der Waals surface area contributed by atoms with Crippen LogP contribution in [0.4, 0.5) is 0 Å². The highest BCUT2D eigenvalue weighted by Crippen LogP contribution is 2.60. The minimum absolute atomic E-state index is 0.0542. The molecular formula is C87H106O. The fourth-order valence-electron chi connectivity index (χ4n) is 17.0. The van der Waals surface area contributed by atoms with E-state index in [0.717, 1.165) is 5.56 Å². The van der Waals surface area contributed by atoms with Crippen molar-refractivity contribution < 1.29 is 5.11 Å². The first kappa shape index (κ1) is 63.1.